The van der Waals surface area contributed by atoms with E-state index in [1.54, 1.807) is 0 Å². The molecule has 3 aromatic rings. The highest BCUT2D eigenvalue weighted by atomic mass is 15.2. The van der Waals surface area contributed by atoms with Crippen LogP contribution in [-0.4, -0.2) is 23.8 Å². The third kappa shape index (κ3) is 4.68. The standard InChI is InChI=1S/C25H25N3/c1-4-12-21(13-5-1)24(26-22-14-6-2-7-15-22)20-25(28-18-10-11-19-28)27-23-16-8-3-9-17-23/h1-9,12-17,20,26H,10-11,18-19H2. The number of hydrogen-bond donors (Lipinski definition) is 1. The largest absolute Gasteiger partial charge is 0.357 e. The fourth-order valence-electron chi connectivity index (χ4n) is 3.39. The van der Waals surface area contributed by atoms with Crippen molar-refractivity contribution in [3.63, 3.8) is 0 Å². The van der Waals surface area contributed by atoms with E-state index in [-0.39, 0.29) is 0 Å². The van der Waals surface area contributed by atoms with Crippen LogP contribution in [-0.2, 0) is 0 Å². The van der Waals surface area contributed by atoms with E-state index in [1.165, 1.54) is 12.8 Å². The molecular weight excluding hydrogens is 342 g/mol. The van der Waals surface area contributed by atoms with E-state index in [4.69, 9.17) is 4.99 Å². The predicted molar refractivity (Wildman–Crippen MR) is 119 cm³/mol. The number of hydrogen-bond acceptors (Lipinski definition) is 2. The molecule has 0 bridgehead atoms. The van der Waals surface area contributed by atoms with Crippen LogP contribution < -0.4 is 5.32 Å². The quantitative estimate of drug-likeness (QED) is 0.445. The van der Waals surface area contributed by atoms with Gasteiger partial charge in [0.25, 0.3) is 0 Å². The molecule has 0 amide bonds. The molecule has 0 unspecified atom stereocenters. The summed E-state index contributed by atoms with van der Waals surface area (Å²) in [5.41, 5.74) is 4.24. The first-order valence-electron chi connectivity index (χ1n) is 9.86. The van der Waals surface area contributed by atoms with Gasteiger partial charge in [-0.3, -0.25) is 0 Å². The molecule has 0 radical (unpaired) electrons. The monoisotopic (exact) mass is 367 g/mol. The summed E-state index contributed by atoms with van der Waals surface area (Å²) in [5.74, 6) is 1.01. The van der Waals surface area contributed by atoms with Crippen molar-refractivity contribution in [3.05, 3.63) is 103 Å². The minimum absolute atomic E-state index is 0.979. The van der Waals surface area contributed by atoms with Crippen molar-refractivity contribution < 1.29 is 0 Å². The predicted octanol–water partition coefficient (Wildman–Crippen LogP) is 5.97. The zero-order valence-electron chi connectivity index (χ0n) is 16.0. The number of likely N-dealkylation sites (tertiary alicyclic amines) is 1. The van der Waals surface area contributed by atoms with E-state index in [9.17, 15) is 0 Å². The molecule has 4 rings (SSSR count). The second kappa shape index (κ2) is 9.05. The average Bonchev–Trinajstić information content (AvgIpc) is 3.30. The Morgan fingerprint density at radius 1 is 0.750 bits per heavy atom. The lowest BCUT2D eigenvalue weighted by atomic mass is 10.1. The molecule has 140 valence electrons. The summed E-state index contributed by atoms with van der Waals surface area (Å²) in [6.45, 7) is 2.10. The van der Waals surface area contributed by atoms with Crippen LogP contribution >= 0.6 is 0 Å². The summed E-state index contributed by atoms with van der Waals surface area (Å²) in [7, 11) is 0. The molecule has 1 aliphatic rings. The molecule has 1 aliphatic heterocycles. The summed E-state index contributed by atoms with van der Waals surface area (Å²) < 4.78 is 0. The maximum Gasteiger partial charge on any atom is 0.131 e. The molecule has 1 N–H and O–H groups in total. The zero-order valence-corrected chi connectivity index (χ0v) is 16.0. The SMILES string of the molecule is C(=C(Nc1ccccc1)c1ccccc1)C(=Nc1ccccc1)N1CCCC1. The van der Waals surface area contributed by atoms with Crippen molar-refractivity contribution >= 4 is 22.9 Å². The number of amidine groups is 1. The van der Waals surface area contributed by atoms with Crippen LogP contribution in [0.2, 0.25) is 0 Å². The van der Waals surface area contributed by atoms with Gasteiger partial charge in [-0.2, -0.15) is 0 Å². The van der Waals surface area contributed by atoms with Crippen LogP contribution in [0.3, 0.4) is 0 Å². The second-order valence-electron chi connectivity index (χ2n) is 6.91. The summed E-state index contributed by atoms with van der Waals surface area (Å²) in [4.78, 5) is 7.35. The molecule has 0 atom stereocenters. The third-order valence-electron chi connectivity index (χ3n) is 4.84. The number of nitrogens with zero attached hydrogens (tertiary/aromatic N) is 2. The van der Waals surface area contributed by atoms with Gasteiger partial charge in [0.1, 0.15) is 5.84 Å². The number of nitrogens with one attached hydrogen (secondary N) is 1. The van der Waals surface area contributed by atoms with Crippen LogP contribution in [0.5, 0.6) is 0 Å². The number of rotatable bonds is 5. The molecule has 3 nitrogen and oxygen atoms in total. The summed E-state index contributed by atoms with van der Waals surface area (Å²) in [6, 6.07) is 30.9. The van der Waals surface area contributed by atoms with Crippen LogP contribution in [0.4, 0.5) is 11.4 Å². The van der Waals surface area contributed by atoms with Gasteiger partial charge in [-0.25, -0.2) is 4.99 Å². The highest BCUT2D eigenvalue weighted by Gasteiger charge is 2.16. The number of para-hydroxylation sites is 2. The first-order chi connectivity index (χ1) is 13.9. The fraction of sp³-hybridized carbons (Fsp3) is 0.160. The van der Waals surface area contributed by atoms with Crippen molar-refractivity contribution in [2.45, 2.75) is 12.8 Å². The van der Waals surface area contributed by atoms with E-state index in [0.717, 1.165) is 41.6 Å². The van der Waals surface area contributed by atoms with Gasteiger partial charge in [0.2, 0.25) is 0 Å². The smallest absolute Gasteiger partial charge is 0.131 e. The molecule has 0 spiro atoms. The molecular formula is C25H25N3. The lowest BCUT2D eigenvalue weighted by Gasteiger charge is -2.20. The van der Waals surface area contributed by atoms with Crippen molar-refractivity contribution in [2.24, 2.45) is 4.99 Å². The Bertz CT molecular complexity index is 925. The lowest BCUT2D eigenvalue weighted by Crippen LogP contribution is -2.26. The third-order valence-corrected chi connectivity index (χ3v) is 4.84. The molecule has 0 aromatic heterocycles. The normalized spacial score (nSPS) is 14.9. The molecule has 0 aliphatic carbocycles. The zero-order chi connectivity index (χ0) is 19.0. The van der Waals surface area contributed by atoms with Gasteiger partial charge < -0.3 is 10.2 Å². The number of aliphatic imine (C=N–C) groups is 1. The van der Waals surface area contributed by atoms with Crippen LogP contribution in [0, 0.1) is 0 Å². The fourth-order valence-corrected chi connectivity index (χ4v) is 3.39. The van der Waals surface area contributed by atoms with Crippen LogP contribution in [0.25, 0.3) is 5.70 Å². The molecule has 28 heavy (non-hydrogen) atoms. The topological polar surface area (TPSA) is 27.6 Å². The Morgan fingerprint density at radius 2 is 1.32 bits per heavy atom. The Kier molecular flexibility index (Phi) is 5.83. The van der Waals surface area contributed by atoms with Crippen LogP contribution in [0.15, 0.2) is 102 Å². The summed E-state index contributed by atoms with van der Waals surface area (Å²) in [5, 5.41) is 3.59. The molecule has 3 heteroatoms. The van der Waals surface area contributed by atoms with E-state index < -0.39 is 0 Å². The van der Waals surface area contributed by atoms with E-state index in [0.29, 0.717) is 0 Å². The first-order valence-corrected chi connectivity index (χ1v) is 9.86. The Balaban J connectivity index is 1.75. The van der Waals surface area contributed by atoms with Gasteiger partial charge in [0, 0.05) is 30.5 Å². The molecule has 3 aromatic carbocycles. The minimum atomic E-state index is 0.979. The van der Waals surface area contributed by atoms with E-state index in [2.05, 4.69) is 64.8 Å². The highest BCUT2D eigenvalue weighted by Crippen LogP contribution is 2.22. The molecule has 1 saturated heterocycles. The lowest BCUT2D eigenvalue weighted by molar-refractivity contribution is 0.523. The summed E-state index contributed by atoms with van der Waals surface area (Å²) in [6.07, 6.45) is 4.61. The maximum atomic E-state index is 4.97. The first kappa shape index (κ1) is 18.1. The van der Waals surface area contributed by atoms with Gasteiger partial charge in [0.15, 0.2) is 0 Å². The molecule has 0 saturated carbocycles. The second-order valence-corrected chi connectivity index (χ2v) is 6.91. The van der Waals surface area contributed by atoms with Crippen molar-refractivity contribution in [1.29, 1.82) is 0 Å². The Labute approximate surface area is 167 Å². The van der Waals surface area contributed by atoms with Gasteiger partial charge in [-0.15, -0.1) is 0 Å². The van der Waals surface area contributed by atoms with E-state index >= 15 is 0 Å². The maximum absolute atomic E-state index is 4.97. The summed E-state index contributed by atoms with van der Waals surface area (Å²) >= 11 is 0. The van der Waals surface area contributed by atoms with Crippen molar-refractivity contribution in [1.82, 2.24) is 4.90 Å². The Morgan fingerprint density at radius 3 is 1.96 bits per heavy atom. The highest BCUT2D eigenvalue weighted by molar-refractivity contribution is 6.02. The number of anilines is 1. The molecule has 1 heterocycles. The Hall–Kier alpha value is -3.33. The van der Waals surface area contributed by atoms with Gasteiger partial charge in [0.05, 0.1) is 5.69 Å². The van der Waals surface area contributed by atoms with E-state index in [1.807, 2.05) is 42.5 Å². The van der Waals surface area contributed by atoms with Gasteiger partial charge in [-0.05, 0) is 42.7 Å². The number of benzene rings is 3. The molecule has 1 fully saturated rings. The van der Waals surface area contributed by atoms with Crippen molar-refractivity contribution in [3.8, 4) is 0 Å². The van der Waals surface area contributed by atoms with Gasteiger partial charge >= 0.3 is 0 Å². The van der Waals surface area contributed by atoms with Crippen LogP contribution in [0.1, 0.15) is 18.4 Å². The van der Waals surface area contributed by atoms with Crippen molar-refractivity contribution in [2.75, 3.05) is 18.4 Å². The van der Waals surface area contributed by atoms with Gasteiger partial charge in [-0.1, -0.05) is 66.7 Å². The average molecular weight is 367 g/mol. The minimum Gasteiger partial charge on any atom is -0.357 e.